The first-order valence-corrected chi connectivity index (χ1v) is 7.96. The molecule has 3 heteroatoms. The molecule has 0 heterocycles. The highest BCUT2D eigenvalue weighted by molar-refractivity contribution is 6.05. The van der Waals surface area contributed by atoms with Gasteiger partial charge in [-0.25, -0.2) is 4.79 Å². The minimum absolute atomic E-state index is 0.288. The molecule has 0 amide bonds. The zero-order chi connectivity index (χ0) is 17.1. The third-order valence-corrected chi connectivity index (χ3v) is 3.92. The van der Waals surface area contributed by atoms with Gasteiger partial charge in [-0.1, -0.05) is 48.5 Å². The molecule has 0 aliphatic carbocycles. The molecule has 0 N–H and O–H groups in total. The van der Waals surface area contributed by atoms with E-state index in [1.54, 1.807) is 6.92 Å². The molecule has 3 nitrogen and oxygen atoms in total. The molecule has 0 radical (unpaired) electrons. The summed E-state index contributed by atoms with van der Waals surface area (Å²) in [6.45, 7) is 7.56. The van der Waals surface area contributed by atoms with Crippen molar-refractivity contribution in [2.24, 2.45) is 0 Å². The number of carbonyl (C=O) groups is 1. The van der Waals surface area contributed by atoms with Crippen LogP contribution in [0.4, 0.5) is 0 Å². The first kappa shape index (κ1) is 16.1. The van der Waals surface area contributed by atoms with Crippen LogP contribution < -0.4 is 4.74 Å². The Labute approximate surface area is 141 Å². The molecule has 0 bridgehead atoms. The molecule has 0 aromatic heterocycles. The molecule has 3 aromatic carbocycles. The van der Waals surface area contributed by atoms with E-state index in [4.69, 9.17) is 9.47 Å². The average molecular weight is 320 g/mol. The lowest BCUT2D eigenvalue weighted by molar-refractivity contribution is -0.143. The van der Waals surface area contributed by atoms with Crippen molar-refractivity contribution in [2.75, 3.05) is 6.61 Å². The highest BCUT2D eigenvalue weighted by atomic mass is 16.6. The summed E-state index contributed by atoms with van der Waals surface area (Å²) in [5.74, 6) is 0.387. The fourth-order valence-electron chi connectivity index (χ4n) is 2.77. The number of aryl methyl sites for hydroxylation is 1. The van der Waals surface area contributed by atoms with Gasteiger partial charge in [-0.05, 0) is 36.8 Å². The molecular weight excluding hydrogens is 300 g/mol. The molecule has 0 spiro atoms. The zero-order valence-electron chi connectivity index (χ0n) is 13.9. The molecule has 1 unspecified atom stereocenters. The van der Waals surface area contributed by atoms with E-state index < -0.39 is 5.97 Å². The van der Waals surface area contributed by atoms with Gasteiger partial charge in [-0.15, -0.1) is 0 Å². The Morgan fingerprint density at radius 3 is 2.67 bits per heavy atom. The van der Waals surface area contributed by atoms with E-state index in [1.807, 2.05) is 18.2 Å². The van der Waals surface area contributed by atoms with E-state index in [0.717, 1.165) is 33.4 Å². The standard InChI is InChI=1S/C21H20O3/c1-4-20(22)24-15(3)13-23-21-18-8-6-5-7-16(18)12-17-10-9-14(2)11-19(17)21/h4-12,15H,1,13H2,2-3H3. The summed E-state index contributed by atoms with van der Waals surface area (Å²) in [5, 5.41) is 4.37. The molecule has 24 heavy (non-hydrogen) atoms. The maximum Gasteiger partial charge on any atom is 0.330 e. The van der Waals surface area contributed by atoms with Crippen molar-refractivity contribution >= 4 is 27.5 Å². The van der Waals surface area contributed by atoms with Crippen molar-refractivity contribution in [3.8, 4) is 5.75 Å². The van der Waals surface area contributed by atoms with Crippen LogP contribution in [-0.2, 0) is 9.53 Å². The van der Waals surface area contributed by atoms with Gasteiger partial charge in [0.15, 0.2) is 0 Å². The van der Waals surface area contributed by atoms with Crippen molar-refractivity contribution in [3.63, 3.8) is 0 Å². The first-order chi connectivity index (χ1) is 11.6. The topological polar surface area (TPSA) is 35.5 Å². The van der Waals surface area contributed by atoms with E-state index in [0.29, 0.717) is 0 Å². The zero-order valence-corrected chi connectivity index (χ0v) is 13.9. The van der Waals surface area contributed by atoms with Gasteiger partial charge >= 0.3 is 5.97 Å². The van der Waals surface area contributed by atoms with E-state index in [2.05, 4.69) is 43.8 Å². The molecule has 0 aliphatic heterocycles. The Kier molecular flexibility index (Phi) is 4.52. The third-order valence-electron chi connectivity index (χ3n) is 3.92. The van der Waals surface area contributed by atoms with Crippen LogP contribution in [0.2, 0.25) is 0 Å². The van der Waals surface area contributed by atoms with Gasteiger partial charge in [0, 0.05) is 16.8 Å². The lowest BCUT2D eigenvalue weighted by Gasteiger charge is -2.17. The third kappa shape index (κ3) is 3.25. The van der Waals surface area contributed by atoms with E-state index in [9.17, 15) is 4.79 Å². The molecule has 1 atom stereocenters. The summed E-state index contributed by atoms with van der Waals surface area (Å²) in [6.07, 6.45) is 0.807. The van der Waals surface area contributed by atoms with Crippen LogP contribution >= 0.6 is 0 Å². The minimum Gasteiger partial charge on any atom is -0.488 e. The summed E-state index contributed by atoms with van der Waals surface area (Å²) in [4.78, 5) is 11.3. The second-order valence-corrected chi connectivity index (χ2v) is 5.91. The Morgan fingerprint density at radius 2 is 1.88 bits per heavy atom. The minimum atomic E-state index is -0.440. The highest BCUT2D eigenvalue weighted by Gasteiger charge is 2.12. The van der Waals surface area contributed by atoms with E-state index >= 15 is 0 Å². The number of hydrogen-bond donors (Lipinski definition) is 0. The molecule has 0 fully saturated rings. The summed E-state index contributed by atoms with van der Waals surface area (Å²) in [7, 11) is 0. The van der Waals surface area contributed by atoms with Crippen molar-refractivity contribution in [3.05, 3.63) is 66.7 Å². The highest BCUT2D eigenvalue weighted by Crippen LogP contribution is 2.35. The summed E-state index contributed by atoms with van der Waals surface area (Å²) >= 11 is 0. The van der Waals surface area contributed by atoms with Gasteiger partial charge in [0.1, 0.15) is 18.5 Å². The Bertz CT molecular complexity index is 911. The van der Waals surface area contributed by atoms with E-state index in [1.165, 1.54) is 5.56 Å². The first-order valence-electron chi connectivity index (χ1n) is 7.96. The fraction of sp³-hybridized carbons (Fsp3) is 0.190. The maximum atomic E-state index is 11.3. The average Bonchev–Trinajstić information content (AvgIpc) is 2.58. The van der Waals surface area contributed by atoms with Crippen LogP contribution in [0.3, 0.4) is 0 Å². The monoisotopic (exact) mass is 320 g/mol. The number of hydrogen-bond acceptors (Lipinski definition) is 3. The van der Waals surface area contributed by atoms with Crippen LogP contribution in [0.25, 0.3) is 21.5 Å². The Balaban J connectivity index is 2.01. The van der Waals surface area contributed by atoms with Crippen LogP contribution in [0, 0.1) is 6.92 Å². The van der Waals surface area contributed by atoms with Crippen LogP contribution in [-0.4, -0.2) is 18.7 Å². The summed E-state index contributed by atoms with van der Waals surface area (Å²) in [5.41, 5.74) is 1.17. The van der Waals surface area contributed by atoms with Crippen molar-refractivity contribution in [1.29, 1.82) is 0 Å². The molecule has 0 saturated heterocycles. The van der Waals surface area contributed by atoms with Crippen molar-refractivity contribution < 1.29 is 14.3 Å². The van der Waals surface area contributed by atoms with Crippen molar-refractivity contribution in [1.82, 2.24) is 0 Å². The van der Waals surface area contributed by atoms with E-state index in [-0.39, 0.29) is 12.7 Å². The lowest BCUT2D eigenvalue weighted by atomic mass is 10.0. The Hall–Kier alpha value is -2.81. The maximum absolute atomic E-state index is 11.3. The predicted molar refractivity (Wildman–Crippen MR) is 97.4 cm³/mol. The van der Waals surface area contributed by atoms with Gasteiger partial charge in [0.05, 0.1) is 0 Å². The lowest BCUT2D eigenvalue weighted by Crippen LogP contribution is -2.21. The van der Waals surface area contributed by atoms with Crippen LogP contribution in [0.15, 0.2) is 61.2 Å². The van der Waals surface area contributed by atoms with Gasteiger partial charge in [-0.2, -0.15) is 0 Å². The molecule has 0 aliphatic rings. The smallest absolute Gasteiger partial charge is 0.330 e. The van der Waals surface area contributed by atoms with Gasteiger partial charge in [0.2, 0.25) is 0 Å². The summed E-state index contributed by atoms with van der Waals surface area (Å²) in [6, 6.07) is 16.6. The molecule has 3 aromatic rings. The molecule has 3 rings (SSSR count). The SMILES string of the molecule is C=CC(=O)OC(C)COc1c2ccccc2cc2ccc(C)cc12. The Morgan fingerprint density at radius 1 is 1.12 bits per heavy atom. The number of fused-ring (bicyclic) bond motifs is 2. The molecular formula is C21H20O3. The number of esters is 1. The second kappa shape index (κ2) is 6.75. The number of carbonyl (C=O) groups excluding carboxylic acids is 1. The fourth-order valence-corrected chi connectivity index (χ4v) is 2.77. The molecule has 122 valence electrons. The summed E-state index contributed by atoms with van der Waals surface area (Å²) < 4.78 is 11.3. The number of rotatable bonds is 5. The number of benzene rings is 3. The van der Waals surface area contributed by atoms with Crippen LogP contribution in [0.1, 0.15) is 12.5 Å². The largest absolute Gasteiger partial charge is 0.488 e. The van der Waals surface area contributed by atoms with Crippen molar-refractivity contribution in [2.45, 2.75) is 20.0 Å². The van der Waals surface area contributed by atoms with Gasteiger partial charge in [0.25, 0.3) is 0 Å². The second-order valence-electron chi connectivity index (χ2n) is 5.91. The van der Waals surface area contributed by atoms with Gasteiger partial charge in [-0.3, -0.25) is 0 Å². The van der Waals surface area contributed by atoms with Crippen LogP contribution in [0.5, 0.6) is 5.75 Å². The van der Waals surface area contributed by atoms with Gasteiger partial charge < -0.3 is 9.47 Å². The number of ether oxygens (including phenoxy) is 2. The quantitative estimate of drug-likeness (QED) is 0.385. The normalized spacial score (nSPS) is 12.1. The molecule has 0 saturated carbocycles. The predicted octanol–water partition coefficient (Wildman–Crippen LogP) is 4.80.